The standard InChI is InChI=1S/C26H45N5O2/c1-19-18-31(24-17-23(12-16-33-6)28-25(29-24)26(3,4)5)15-14-30(19)13-11-21-7-9-22(10-8-21)27-20(2)32/h17,19,21-22H,7-16,18H2,1-6H3,(H,27,32)/t19-,21-,22-/m1/s1. The van der Waals surface area contributed by atoms with Crippen LogP contribution in [0, 0.1) is 5.92 Å². The summed E-state index contributed by atoms with van der Waals surface area (Å²) in [4.78, 5) is 26.2. The SMILES string of the molecule is COCCc1cc(N2CCN(CC[C@H]3CC[C@H](NC(C)=O)CC3)[C@H](C)C2)nc(C(C)(C)C)n1. The van der Waals surface area contributed by atoms with Crippen LogP contribution in [-0.2, 0) is 21.4 Å². The van der Waals surface area contributed by atoms with Crippen LogP contribution in [0.15, 0.2) is 6.07 Å². The lowest BCUT2D eigenvalue weighted by Crippen LogP contribution is -2.52. The fourth-order valence-electron chi connectivity index (χ4n) is 5.08. The summed E-state index contributed by atoms with van der Waals surface area (Å²) in [6.07, 6.45) is 6.81. The van der Waals surface area contributed by atoms with E-state index in [9.17, 15) is 4.79 Å². The van der Waals surface area contributed by atoms with Crippen molar-refractivity contribution in [3.8, 4) is 0 Å². The molecule has 1 aliphatic carbocycles. The van der Waals surface area contributed by atoms with E-state index in [4.69, 9.17) is 14.7 Å². The van der Waals surface area contributed by atoms with Gasteiger partial charge in [0.2, 0.25) is 5.91 Å². The number of hydrogen-bond donors (Lipinski definition) is 1. The van der Waals surface area contributed by atoms with Gasteiger partial charge < -0.3 is 15.0 Å². The third-order valence-corrected chi connectivity index (χ3v) is 7.17. The van der Waals surface area contributed by atoms with Crippen molar-refractivity contribution >= 4 is 11.7 Å². The van der Waals surface area contributed by atoms with E-state index in [-0.39, 0.29) is 11.3 Å². The van der Waals surface area contributed by atoms with Crippen molar-refractivity contribution in [2.45, 2.75) is 90.6 Å². The number of hydrogen-bond acceptors (Lipinski definition) is 6. The van der Waals surface area contributed by atoms with Gasteiger partial charge in [-0.15, -0.1) is 0 Å². The number of aromatic nitrogens is 2. The molecule has 2 fully saturated rings. The molecule has 2 aliphatic rings. The largest absolute Gasteiger partial charge is 0.384 e. The first-order valence-electron chi connectivity index (χ1n) is 12.8. The lowest BCUT2D eigenvalue weighted by Gasteiger charge is -2.41. The average molecular weight is 460 g/mol. The van der Waals surface area contributed by atoms with Crippen LogP contribution in [0.1, 0.15) is 78.2 Å². The number of rotatable bonds is 8. The summed E-state index contributed by atoms with van der Waals surface area (Å²) in [5.74, 6) is 2.87. The maximum absolute atomic E-state index is 11.3. The number of amides is 1. The summed E-state index contributed by atoms with van der Waals surface area (Å²) >= 11 is 0. The first kappa shape index (κ1) is 25.9. The normalized spacial score (nSPS) is 24.7. The quantitative estimate of drug-likeness (QED) is 0.641. The Morgan fingerprint density at radius 1 is 1.18 bits per heavy atom. The Morgan fingerprint density at radius 2 is 1.91 bits per heavy atom. The molecule has 0 spiro atoms. The van der Waals surface area contributed by atoms with Gasteiger partial charge in [-0.1, -0.05) is 20.8 Å². The molecule has 0 radical (unpaired) electrons. The predicted octanol–water partition coefficient (Wildman–Crippen LogP) is 3.56. The van der Waals surface area contributed by atoms with Gasteiger partial charge in [-0.2, -0.15) is 0 Å². The number of nitrogens with zero attached hydrogens (tertiary/aromatic N) is 4. The molecule has 1 aliphatic heterocycles. The number of ether oxygens (including phenoxy) is 1. The number of carbonyl (C=O) groups excluding carboxylic acids is 1. The van der Waals surface area contributed by atoms with Gasteiger partial charge in [0.05, 0.1) is 6.61 Å². The second-order valence-electron chi connectivity index (χ2n) is 11.1. The minimum atomic E-state index is -0.0792. The third kappa shape index (κ3) is 7.64. The number of anilines is 1. The van der Waals surface area contributed by atoms with Crippen LogP contribution in [-0.4, -0.2) is 72.8 Å². The fraction of sp³-hybridized carbons (Fsp3) is 0.808. The van der Waals surface area contributed by atoms with Crippen molar-refractivity contribution in [2.75, 3.05) is 44.8 Å². The van der Waals surface area contributed by atoms with E-state index in [1.165, 1.54) is 25.8 Å². The van der Waals surface area contributed by atoms with Gasteiger partial charge in [0.15, 0.2) is 0 Å². The molecule has 1 amide bonds. The number of piperazine rings is 1. The minimum Gasteiger partial charge on any atom is -0.384 e. The molecule has 1 N–H and O–H groups in total. The van der Waals surface area contributed by atoms with Crippen molar-refractivity contribution in [2.24, 2.45) is 5.92 Å². The second kappa shape index (κ2) is 11.6. The summed E-state index contributed by atoms with van der Waals surface area (Å²) in [7, 11) is 1.74. The van der Waals surface area contributed by atoms with Gasteiger partial charge >= 0.3 is 0 Å². The molecule has 2 heterocycles. The van der Waals surface area contributed by atoms with Crippen molar-refractivity contribution < 1.29 is 9.53 Å². The highest BCUT2D eigenvalue weighted by Gasteiger charge is 2.28. The highest BCUT2D eigenvalue weighted by Crippen LogP contribution is 2.28. The van der Waals surface area contributed by atoms with Crippen LogP contribution in [0.25, 0.3) is 0 Å². The van der Waals surface area contributed by atoms with E-state index in [0.29, 0.717) is 18.7 Å². The zero-order chi connectivity index (χ0) is 24.0. The van der Waals surface area contributed by atoms with Crippen LogP contribution in [0.5, 0.6) is 0 Å². The monoisotopic (exact) mass is 459 g/mol. The average Bonchev–Trinajstić information content (AvgIpc) is 2.76. The van der Waals surface area contributed by atoms with Gasteiger partial charge in [0.1, 0.15) is 11.6 Å². The molecule has 33 heavy (non-hydrogen) atoms. The molecule has 1 saturated carbocycles. The highest BCUT2D eigenvalue weighted by atomic mass is 16.5. The zero-order valence-electron chi connectivity index (χ0n) is 21.7. The fourth-order valence-corrected chi connectivity index (χ4v) is 5.08. The molecule has 1 saturated heterocycles. The van der Waals surface area contributed by atoms with E-state index in [1.807, 2.05) is 0 Å². The molecular weight excluding hydrogens is 414 g/mol. The predicted molar refractivity (Wildman–Crippen MR) is 134 cm³/mol. The highest BCUT2D eigenvalue weighted by molar-refractivity contribution is 5.73. The number of carbonyl (C=O) groups is 1. The first-order valence-corrected chi connectivity index (χ1v) is 12.8. The molecule has 0 bridgehead atoms. The maximum Gasteiger partial charge on any atom is 0.217 e. The van der Waals surface area contributed by atoms with Crippen molar-refractivity contribution in [3.05, 3.63) is 17.6 Å². The number of nitrogens with one attached hydrogen (secondary N) is 1. The maximum atomic E-state index is 11.3. The van der Waals surface area contributed by atoms with E-state index in [2.05, 4.69) is 48.9 Å². The molecule has 1 atom stereocenters. The zero-order valence-corrected chi connectivity index (χ0v) is 21.7. The molecule has 1 aromatic heterocycles. The van der Waals surface area contributed by atoms with Crippen LogP contribution in [0.4, 0.5) is 5.82 Å². The Morgan fingerprint density at radius 3 is 2.52 bits per heavy atom. The molecule has 3 rings (SSSR count). The van der Waals surface area contributed by atoms with Crippen LogP contribution in [0.2, 0.25) is 0 Å². The van der Waals surface area contributed by atoms with Crippen molar-refractivity contribution in [1.82, 2.24) is 20.2 Å². The molecular formula is C26H45N5O2. The van der Waals surface area contributed by atoms with Crippen LogP contribution < -0.4 is 10.2 Å². The van der Waals surface area contributed by atoms with Crippen molar-refractivity contribution in [1.29, 1.82) is 0 Å². The molecule has 0 unspecified atom stereocenters. The Hall–Kier alpha value is -1.73. The van der Waals surface area contributed by atoms with E-state index in [1.54, 1.807) is 14.0 Å². The molecule has 7 heteroatoms. The van der Waals surface area contributed by atoms with E-state index in [0.717, 1.165) is 62.2 Å². The lowest BCUT2D eigenvalue weighted by molar-refractivity contribution is -0.119. The number of methoxy groups -OCH3 is 1. The Balaban J connectivity index is 1.54. The van der Waals surface area contributed by atoms with Crippen LogP contribution >= 0.6 is 0 Å². The smallest absolute Gasteiger partial charge is 0.217 e. The minimum absolute atomic E-state index is 0.0792. The van der Waals surface area contributed by atoms with E-state index >= 15 is 0 Å². The van der Waals surface area contributed by atoms with Gasteiger partial charge in [0, 0.05) is 69.3 Å². The molecule has 186 valence electrons. The summed E-state index contributed by atoms with van der Waals surface area (Å²) in [5, 5.41) is 3.09. The molecule has 1 aromatic rings. The van der Waals surface area contributed by atoms with Crippen LogP contribution in [0.3, 0.4) is 0 Å². The summed E-state index contributed by atoms with van der Waals surface area (Å²) in [5.41, 5.74) is 0.987. The van der Waals surface area contributed by atoms with Gasteiger partial charge in [0.25, 0.3) is 0 Å². The van der Waals surface area contributed by atoms with Gasteiger partial charge in [-0.25, -0.2) is 9.97 Å². The third-order valence-electron chi connectivity index (χ3n) is 7.17. The summed E-state index contributed by atoms with van der Waals surface area (Å²) < 4.78 is 5.29. The molecule has 7 nitrogen and oxygen atoms in total. The summed E-state index contributed by atoms with van der Waals surface area (Å²) in [6, 6.07) is 3.05. The van der Waals surface area contributed by atoms with Crippen molar-refractivity contribution in [3.63, 3.8) is 0 Å². The van der Waals surface area contributed by atoms with E-state index < -0.39 is 0 Å². The van der Waals surface area contributed by atoms with Gasteiger partial charge in [-0.3, -0.25) is 9.69 Å². The Bertz CT molecular complexity index is 770. The lowest BCUT2D eigenvalue weighted by atomic mass is 9.84. The topological polar surface area (TPSA) is 70.6 Å². The Kier molecular flexibility index (Phi) is 9.10. The molecule has 0 aromatic carbocycles. The van der Waals surface area contributed by atoms with Gasteiger partial charge in [-0.05, 0) is 51.5 Å². The first-order chi connectivity index (χ1) is 15.7. The Labute approximate surface area is 200 Å². The summed E-state index contributed by atoms with van der Waals surface area (Å²) in [6.45, 7) is 15.4. The second-order valence-corrected chi connectivity index (χ2v) is 11.1.